The number of hydrogen-bond donors (Lipinski definition) is 0. The van der Waals surface area contributed by atoms with E-state index in [1.54, 1.807) is 12.1 Å². The van der Waals surface area contributed by atoms with Gasteiger partial charge in [-0.15, -0.1) is 0 Å². The summed E-state index contributed by atoms with van der Waals surface area (Å²) in [6.45, 7) is 4.02. The summed E-state index contributed by atoms with van der Waals surface area (Å²) in [5.41, 5.74) is 5.58. The van der Waals surface area contributed by atoms with Gasteiger partial charge in [0, 0.05) is 11.1 Å². The Morgan fingerprint density at radius 1 is 0.958 bits per heavy atom. The van der Waals surface area contributed by atoms with Gasteiger partial charge in [-0.1, -0.05) is 12.1 Å². The summed E-state index contributed by atoms with van der Waals surface area (Å²) in [4.78, 5) is 15.4. The third-order valence-electron chi connectivity index (χ3n) is 4.04. The SMILES string of the molecule is Cc1ccc2oc(-c3ccc(C)c(-c4ccc(C=O)o4)c3)nc2c1. The summed E-state index contributed by atoms with van der Waals surface area (Å²) >= 11 is 0. The van der Waals surface area contributed by atoms with Gasteiger partial charge in [-0.05, 0) is 61.4 Å². The number of fused-ring (bicyclic) bond motifs is 1. The molecule has 2 heterocycles. The van der Waals surface area contributed by atoms with Gasteiger partial charge >= 0.3 is 0 Å². The molecule has 118 valence electrons. The minimum atomic E-state index is 0.312. The fourth-order valence-corrected chi connectivity index (χ4v) is 2.74. The predicted molar refractivity (Wildman–Crippen MR) is 92.0 cm³/mol. The maximum absolute atomic E-state index is 10.8. The van der Waals surface area contributed by atoms with Crippen LogP contribution >= 0.6 is 0 Å². The average molecular weight is 317 g/mol. The standard InChI is InChI=1S/C20H15NO3/c1-12-3-7-19-17(9-12)21-20(24-19)14-5-4-13(2)16(10-14)18-8-6-15(11-22)23-18/h3-11H,1-2H3. The molecule has 0 aliphatic rings. The monoisotopic (exact) mass is 317 g/mol. The number of aromatic nitrogens is 1. The van der Waals surface area contributed by atoms with Crippen molar-refractivity contribution in [3.63, 3.8) is 0 Å². The Hall–Kier alpha value is -3.14. The molecule has 0 unspecified atom stereocenters. The molecule has 0 fully saturated rings. The lowest BCUT2D eigenvalue weighted by molar-refractivity contribution is 0.110. The molecule has 0 radical (unpaired) electrons. The van der Waals surface area contributed by atoms with Gasteiger partial charge < -0.3 is 8.83 Å². The topological polar surface area (TPSA) is 56.2 Å². The Kier molecular flexibility index (Phi) is 3.31. The molecule has 0 saturated heterocycles. The molecule has 2 aromatic heterocycles. The van der Waals surface area contributed by atoms with Crippen LogP contribution in [-0.4, -0.2) is 11.3 Å². The van der Waals surface area contributed by atoms with Gasteiger partial charge in [0.05, 0.1) is 0 Å². The highest BCUT2D eigenvalue weighted by atomic mass is 16.4. The van der Waals surface area contributed by atoms with E-state index >= 15 is 0 Å². The van der Waals surface area contributed by atoms with Crippen molar-refractivity contribution in [2.45, 2.75) is 13.8 Å². The van der Waals surface area contributed by atoms with Crippen molar-refractivity contribution in [2.75, 3.05) is 0 Å². The number of carbonyl (C=O) groups excluding carboxylic acids is 1. The third kappa shape index (κ3) is 2.42. The van der Waals surface area contributed by atoms with Crippen LogP contribution in [-0.2, 0) is 0 Å². The van der Waals surface area contributed by atoms with Crippen molar-refractivity contribution in [2.24, 2.45) is 0 Å². The molecule has 24 heavy (non-hydrogen) atoms. The molecule has 2 aromatic carbocycles. The molecule has 4 heteroatoms. The summed E-state index contributed by atoms with van der Waals surface area (Å²) in [6, 6.07) is 15.3. The van der Waals surface area contributed by atoms with Gasteiger partial charge in [0.15, 0.2) is 17.6 Å². The van der Waals surface area contributed by atoms with E-state index < -0.39 is 0 Å². The number of carbonyl (C=O) groups is 1. The quantitative estimate of drug-likeness (QED) is 0.488. The predicted octanol–water partition coefficient (Wildman–Crippen LogP) is 5.18. The van der Waals surface area contributed by atoms with E-state index in [9.17, 15) is 4.79 Å². The van der Waals surface area contributed by atoms with Gasteiger partial charge in [0.25, 0.3) is 0 Å². The molecule has 4 nitrogen and oxygen atoms in total. The summed E-state index contributed by atoms with van der Waals surface area (Å²) in [7, 11) is 0. The van der Waals surface area contributed by atoms with Gasteiger partial charge in [0.1, 0.15) is 11.3 Å². The van der Waals surface area contributed by atoms with Gasteiger partial charge in [-0.3, -0.25) is 4.79 Å². The van der Waals surface area contributed by atoms with Crippen molar-refractivity contribution in [3.8, 4) is 22.8 Å². The van der Waals surface area contributed by atoms with Gasteiger partial charge in [-0.2, -0.15) is 0 Å². The Morgan fingerprint density at radius 2 is 1.83 bits per heavy atom. The molecule has 4 aromatic rings. The maximum Gasteiger partial charge on any atom is 0.227 e. The molecule has 0 aliphatic carbocycles. The Balaban J connectivity index is 1.83. The number of benzene rings is 2. The van der Waals surface area contributed by atoms with Crippen LogP contribution in [0.4, 0.5) is 0 Å². The third-order valence-corrected chi connectivity index (χ3v) is 4.04. The summed E-state index contributed by atoms with van der Waals surface area (Å²) < 4.78 is 11.4. The zero-order valence-corrected chi connectivity index (χ0v) is 13.4. The van der Waals surface area contributed by atoms with E-state index in [2.05, 4.69) is 4.98 Å². The first-order chi connectivity index (χ1) is 11.6. The molecular weight excluding hydrogens is 302 g/mol. The number of aryl methyl sites for hydroxylation is 2. The molecule has 0 saturated carbocycles. The average Bonchev–Trinajstić information content (AvgIpc) is 3.21. The highest BCUT2D eigenvalue weighted by molar-refractivity contribution is 5.79. The van der Waals surface area contributed by atoms with Crippen molar-refractivity contribution in [1.82, 2.24) is 4.98 Å². The summed E-state index contributed by atoms with van der Waals surface area (Å²) in [5.74, 6) is 1.54. The van der Waals surface area contributed by atoms with Crippen molar-refractivity contribution >= 4 is 17.4 Å². The van der Waals surface area contributed by atoms with E-state index in [-0.39, 0.29) is 0 Å². The number of furan rings is 1. The fourth-order valence-electron chi connectivity index (χ4n) is 2.74. The molecule has 0 aliphatic heterocycles. The molecule has 0 spiro atoms. The van der Waals surface area contributed by atoms with Crippen LogP contribution in [0.2, 0.25) is 0 Å². The second kappa shape index (κ2) is 5.49. The Bertz CT molecular complexity index is 1060. The maximum atomic E-state index is 10.8. The van der Waals surface area contributed by atoms with Crippen LogP contribution in [0.25, 0.3) is 33.9 Å². The smallest absolute Gasteiger partial charge is 0.227 e. The van der Waals surface area contributed by atoms with E-state index in [1.165, 1.54) is 0 Å². The number of oxazole rings is 1. The first kappa shape index (κ1) is 14.5. The normalized spacial score (nSPS) is 11.1. The highest BCUT2D eigenvalue weighted by Gasteiger charge is 2.13. The van der Waals surface area contributed by atoms with Crippen LogP contribution < -0.4 is 0 Å². The molecule has 0 atom stereocenters. The van der Waals surface area contributed by atoms with Crippen molar-refractivity contribution in [3.05, 3.63) is 65.4 Å². The van der Waals surface area contributed by atoms with E-state index in [4.69, 9.17) is 8.83 Å². The first-order valence-corrected chi connectivity index (χ1v) is 7.67. The lowest BCUT2D eigenvalue weighted by atomic mass is 10.0. The zero-order chi connectivity index (χ0) is 16.7. The van der Waals surface area contributed by atoms with Crippen LogP contribution in [0.5, 0.6) is 0 Å². The van der Waals surface area contributed by atoms with Crippen LogP contribution in [0.3, 0.4) is 0 Å². The Labute approximate surface area is 138 Å². The largest absolute Gasteiger partial charge is 0.453 e. The minimum Gasteiger partial charge on any atom is -0.453 e. The zero-order valence-electron chi connectivity index (χ0n) is 13.4. The summed E-state index contributed by atoms with van der Waals surface area (Å²) in [5, 5.41) is 0. The molecule has 4 rings (SSSR count). The summed E-state index contributed by atoms with van der Waals surface area (Å²) in [6.07, 6.45) is 0.700. The van der Waals surface area contributed by atoms with Crippen LogP contribution in [0, 0.1) is 13.8 Å². The van der Waals surface area contributed by atoms with Crippen molar-refractivity contribution in [1.29, 1.82) is 0 Å². The van der Waals surface area contributed by atoms with Crippen molar-refractivity contribution < 1.29 is 13.6 Å². The lowest BCUT2D eigenvalue weighted by Crippen LogP contribution is -1.84. The van der Waals surface area contributed by atoms with E-state index in [0.29, 0.717) is 23.7 Å². The Morgan fingerprint density at radius 3 is 2.62 bits per heavy atom. The fraction of sp³-hybridized carbons (Fsp3) is 0.100. The second-order valence-electron chi connectivity index (χ2n) is 5.84. The number of aldehydes is 1. The molecule has 0 N–H and O–H groups in total. The lowest BCUT2D eigenvalue weighted by Gasteiger charge is -2.04. The number of hydrogen-bond acceptors (Lipinski definition) is 4. The number of nitrogens with zero attached hydrogens (tertiary/aromatic N) is 1. The first-order valence-electron chi connectivity index (χ1n) is 7.67. The van der Waals surface area contributed by atoms with E-state index in [1.807, 2.05) is 50.2 Å². The number of rotatable bonds is 3. The molecule has 0 amide bonds. The van der Waals surface area contributed by atoms with Gasteiger partial charge in [-0.25, -0.2) is 4.98 Å². The van der Waals surface area contributed by atoms with Crippen LogP contribution in [0.1, 0.15) is 21.7 Å². The van der Waals surface area contributed by atoms with E-state index in [0.717, 1.165) is 33.4 Å². The highest BCUT2D eigenvalue weighted by Crippen LogP contribution is 2.31. The molecular formula is C20H15NO3. The van der Waals surface area contributed by atoms with Crippen LogP contribution in [0.15, 0.2) is 57.4 Å². The van der Waals surface area contributed by atoms with Gasteiger partial charge in [0.2, 0.25) is 5.89 Å². The second-order valence-corrected chi connectivity index (χ2v) is 5.84. The molecule has 0 bridgehead atoms. The minimum absolute atomic E-state index is 0.312.